The largest absolute Gasteiger partial charge is 0.480 e. The number of nitrogens with zero attached hydrogens (tertiary/aromatic N) is 1. The first-order chi connectivity index (χ1) is 11.6. The Balaban J connectivity index is 2.13. The van der Waals surface area contributed by atoms with Crippen LogP contribution in [0.4, 0.5) is 0 Å². The summed E-state index contributed by atoms with van der Waals surface area (Å²) in [5, 5.41) is 15.6. The zero-order valence-corrected chi connectivity index (χ0v) is 15.3. The summed E-state index contributed by atoms with van der Waals surface area (Å²) in [6.07, 6.45) is 2.98. The van der Waals surface area contributed by atoms with Gasteiger partial charge in [-0.1, -0.05) is 24.4 Å². The minimum Gasteiger partial charge on any atom is -0.480 e. The Kier molecular flexibility index (Phi) is 5.52. The summed E-state index contributed by atoms with van der Waals surface area (Å²) in [4.78, 5) is 23.9. The topological polar surface area (TPSA) is 139 Å². The molecule has 0 saturated heterocycles. The monoisotopic (exact) mass is 373 g/mol. The van der Waals surface area contributed by atoms with Crippen LogP contribution in [0.1, 0.15) is 50.5 Å². The van der Waals surface area contributed by atoms with Crippen molar-refractivity contribution in [2.75, 3.05) is 0 Å². The van der Waals surface area contributed by atoms with E-state index in [1.807, 2.05) is 0 Å². The molecule has 1 fully saturated rings. The number of hydrogen-bond acceptors (Lipinski definition) is 6. The number of carboxylic acids is 1. The fraction of sp³-hybridized carbons (Fsp3) is 0.667. The highest BCUT2D eigenvalue weighted by Crippen LogP contribution is 2.28. The van der Waals surface area contributed by atoms with E-state index < -0.39 is 33.5 Å². The predicted octanol–water partition coefficient (Wildman–Crippen LogP) is 0.862. The summed E-state index contributed by atoms with van der Waals surface area (Å²) in [5.41, 5.74) is -1.15. The van der Waals surface area contributed by atoms with Gasteiger partial charge in [-0.25, -0.2) is 13.2 Å². The molecule has 10 heteroatoms. The van der Waals surface area contributed by atoms with Crippen LogP contribution in [0.5, 0.6) is 0 Å². The number of carbonyl (C=O) groups is 2. The lowest BCUT2D eigenvalue weighted by Gasteiger charge is -2.34. The minimum atomic E-state index is -4.02. The van der Waals surface area contributed by atoms with Crippen molar-refractivity contribution in [1.29, 1.82) is 0 Å². The average Bonchev–Trinajstić information content (AvgIpc) is 2.87. The van der Waals surface area contributed by atoms with Crippen LogP contribution in [0.3, 0.4) is 0 Å². The van der Waals surface area contributed by atoms with E-state index in [1.165, 1.54) is 20.8 Å². The van der Waals surface area contributed by atoms with Crippen LogP contribution in [0.15, 0.2) is 9.42 Å². The molecular weight excluding hydrogens is 350 g/mol. The molecule has 1 atom stereocenters. The van der Waals surface area contributed by atoms with E-state index in [0.717, 1.165) is 6.42 Å². The van der Waals surface area contributed by atoms with E-state index in [-0.39, 0.29) is 16.3 Å². The maximum Gasteiger partial charge on any atom is 0.329 e. The quantitative estimate of drug-likeness (QED) is 0.672. The van der Waals surface area contributed by atoms with Gasteiger partial charge in [0.25, 0.3) is 0 Å². The first kappa shape index (κ1) is 19.4. The molecule has 1 heterocycles. The molecule has 3 N–H and O–H groups in total. The molecule has 0 bridgehead atoms. The third kappa shape index (κ3) is 4.01. The molecule has 1 aliphatic rings. The number of hydrogen-bond donors (Lipinski definition) is 3. The second-order valence-electron chi connectivity index (χ2n) is 6.43. The molecule has 0 radical (unpaired) electrons. The van der Waals surface area contributed by atoms with Gasteiger partial charge < -0.3 is 14.9 Å². The molecule has 1 amide bonds. The van der Waals surface area contributed by atoms with E-state index >= 15 is 0 Å². The van der Waals surface area contributed by atoms with Gasteiger partial charge in [0.1, 0.15) is 16.1 Å². The molecule has 9 nitrogen and oxygen atoms in total. The SMILES string of the molecule is Cc1noc(C)c1S(=O)(=O)NC(C)C(=O)NC1(C(=O)O)CCCCC1. The second-order valence-corrected chi connectivity index (χ2v) is 8.08. The molecule has 1 unspecified atom stereocenters. The van der Waals surface area contributed by atoms with Crippen LogP contribution in [0.2, 0.25) is 0 Å². The van der Waals surface area contributed by atoms with Crippen LogP contribution in [-0.4, -0.2) is 42.1 Å². The van der Waals surface area contributed by atoms with Crippen LogP contribution < -0.4 is 10.0 Å². The van der Waals surface area contributed by atoms with Gasteiger partial charge in [0, 0.05) is 0 Å². The fourth-order valence-corrected chi connectivity index (χ4v) is 4.63. The number of amides is 1. The molecule has 0 spiro atoms. The lowest BCUT2D eigenvalue weighted by molar-refractivity contribution is -0.149. The Morgan fingerprint density at radius 1 is 1.24 bits per heavy atom. The Bertz CT molecular complexity index is 745. The van der Waals surface area contributed by atoms with Crippen LogP contribution in [0, 0.1) is 13.8 Å². The number of carboxylic acid groups (broad SMARTS) is 1. The maximum atomic E-state index is 12.4. The third-order valence-electron chi connectivity index (χ3n) is 4.44. The minimum absolute atomic E-state index is 0.113. The van der Waals surface area contributed by atoms with Gasteiger partial charge in [0.15, 0.2) is 5.76 Å². The van der Waals surface area contributed by atoms with Gasteiger partial charge >= 0.3 is 5.97 Å². The van der Waals surface area contributed by atoms with Gasteiger partial charge in [-0.3, -0.25) is 4.79 Å². The van der Waals surface area contributed by atoms with Crippen LogP contribution >= 0.6 is 0 Å². The molecule has 1 aromatic rings. The van der Waals surface area contributed by atoms with Gasteiger partial charge in [0.2, 0.25) is 15.9 Å². The highest BCUT2D eigenvalue weighted by molar-refractivity contribution is 7.89. The van der Waals surface area contributed by atoms with Crippen LogP contribution in [-0.2, 0) is 19.6 Å². The number of nitrogens with one attached hydrogen (secondary N) is 2. The number of rotatable bonds is 6. The number of aryl methyl sites for hydroxylation is 2. The Labute approximate surface area is 146 Å². The van der Waals surface area contributed by atoms with E-state index in [0.29, 0.717) is 25.7 Å². The zero-order chi connectivity index (χ0) is 18.8. The summed E-state index contributed by atoms with van der Waals surface area (Å²) in [6.45, 7) is 4.31. The van der Waals surface area contributed by atoms with Crippen molar-refractivity contribution in [3.05, 3.63) is 11.5 Å². The van der Waals surface area contributed by atoms with Crippen molar-refractivity contribution in [2.45, 2.75) is 69.4 Å². The average molecular weight is 373 g/mol. The number of carbonyl (C=O) groups excluding carboxylic acids is 1. The zero-order valence-electron chi connectivity index (χ0n) is 14.5. The first-order valence-electron chi connectivity index (χ1n) is 8.10. The molecule has 1 aromatic heterocycles. The molecule has 0 aromatic carbocycles. The van der Waals surface area contributed by atoms with Gasteiger partial charge in [-0.05, 0) is 33.6 Å². The summed E-state index contributed by atoms with van der Waals surface area (Å²) < 4.78 is 32.0. The first-order valence-corrected chi connectivity index (χ1v) is 9.58. The summed E-state index contributed by atoms with van der Waals surface area (Å²) >= 11 is 0. The molecule has 140 valence electrons. The Hall–Kier alpha value is -1.94. The van der Waals surface area contributed by atoms with E-state index in [1.54, 1.807) is 0 Å². The van der Waals surface area contributed by atoms with E-state index in [2.05, 4.69) is 15.2 Å². The van der Waals surface area contributed by atoms with E-state index in [4.69, 9.17) is 4.52 Å². The van der Waals surface area contributed by atoms with Crippen molar-refractivity contribution >= 4 is 21.9 Å². The van der Waals surface area contributed by atoms with Gasteiger partial charge in [0.05, 0.1) is 6.04 Å². The van der Waals surface area contributed by atoms with Crippen LogP contribution in [0.25, 0.3) is 0 Å². The maximum absolute atomic E-state index is 12.4. The standard InChI is InChI=1S/C15H23N3O6S/c1-9-12(11(3)24-17-9)25(22,23)18-10(2)13(19)16-15(14(20)21)7-5-4-6-8-15/h10,18H,4-8H2,1-3H3,(H,16,19)(H,20,21). The number of sulfonamides is 1. The van der Waals surface area contributed by atoms with E-state index in [9.17, 15) is 23.1 Å². The van der Waals surface area contributed by atoms with Crippen molar-refractivity contribution in [2.24, 2.45) is 0 Å². The number of aromatic nitrogens is 1. The molecule has 2 rings (SSSR count). The molecule has 1 saturated carbocycles. The molecular formula is C15H23N3O6S. The predicted molar refractivity (Wildman–Crippen MR) is 87.4 cm³/mol. The highest BCUT2D eigenvalue weighted by atomic mass is 32.2. The lowest BCUT2D eigenvalue weighted by atomic mass is 9.81. The summed E-state index contributed by atoms with van der Waals surface area (Å²) in [5.74, 6) is -1.66. The molecule has 0 aliphatic heterocycles. The Morgan fingerprint density at radius 2 is 1.84 bits per heavy atom. The highest BCUT2D eigenvalue weighted by Gasteiger charge is 2.42. The number of aliphatic carboxylic acids is 1. The van der Waals surface area contributed by atoms with Crippen molar-refractivity contribution in [1.82, 2.24) is 15.2 Å². The van der Waals surface area contributed by atoms with Crippen molar-refractivity contribution in [3.8, 4) is 0 Å². The van der Waals surface area contributed by atoms with Gasteiger partial charge in [-0.15, -0.1) is 0 Å². The van der Waals surface area contributed by atoms with Crippen molar-refractivity contribution < 1.29 is 27.6 Å². The molecule has 25 heavy (non-hydrogen) atoms. The Morgan fingerprint density at radius 3 is 2.32 bits per heavy atom. The summed E-state index contributed by atoms with van der Waals surface area (Å²) in [7, 11) is -4.02. The normalized spacial score (nSPS) is 18.5. The summed E-state index contributed by atoms with van der Waals surface area (Å²) in [6, 6.07) is -1.14. The second kappa shape index (κ2) is 7.12. The lowest BCUT2D eigenvalue weighted by Crippen LogP contribution is -2.59. The third-order valence-corrected chi connectivity index (χ3v) is 6.22. The van der Waals surface area contributed by atoms with Gasteiger partial charge in [-0.2, -0.15) is 4.72 Å². The molecule has 1 aliphatic carbocycles. The smallest absolute Gasteiger partial charge is 0.329 e. The van der Waals surface area contributed by atoms with Crippen molar-refractivity contribution in [3.63, 3.8) is 0 Å². The fourth-order valence-electron chi connectivity index (χ4n) is 3.10.